The first-order chi connectivity index (χ1) is 7.97. The van der Waals surface area contributed by atoms with Crippen molar-refractivity contribution in [2.24, 2.45) is 0 Å². The van der Waals surface area contributed by atoms with E-state index >= 15 is 0 Å². The average Bonchev–Trinajstić information content (AvgIpc) is 2.26. The van der Waals surface area contributed by atoms with Gasteiger partial charge in [-0.15, -0.1) is 0 Å². The van der Waals surface area contributed by atoms with E-state index in [4.69, 9.17) is 4.74 Å². The zero-order chi connectivity index (χ0) is 13.0. The van der Waals surface area contributed by atoms with E-state index in [0.29, 0.717) is 17.7 Å². The van der Waals surface area contributed by atoms with Crippen LogP contribution in [0.25, 0.3) is 0 Å². The minimum Gasteiger partial charge on any atom is -0.377 e. The molecule has 0 bridgehead atoms. The fraction of sp³-hybridized carbons (Fsp3) is 0.400. The van der Waals surface area contributed by atoms with Crippen molar-refractivity contribution < 1.29 is 14.6 Å². The number of nitro groups is 2. The minimum absolute atomic E-state index is 0.130. The Morgan fingerprint density at radius 3 is 2.35 bits per heavy atom. The first kappa shape index (κ1) is 13.0. The number of benzene rings is 1. The molecule has 0 saturated carbocycles. The molecule has 0 amide bonds. The molecule has 0 atom stereocenters. The van der Waals surface area contributed by atoms with Gasteiger partial charge in [0.05, 0.1) is 22.5 Å². The second kappa shape index (κ2) is 5.35. The Kier molecular flexibility index (Phi) is 4.11. The number of rotatable bonds is 5. The first-order valence-electron chi connectivity index (χ1n) is 4.97. The van der Waals surface area contributed by atoms with Gasteiger partial charge in [-0.3, -0.25) is 20.2 Å². The summed E-state index contributed by atoms with van der Waals surface area (Å²) in [7, 11) is 0. The van der Waals surface area contributed by atoms with Crippen molar-refractivity contribution in [3.8, 4) is 0 Å². The molecule has 0 saturated heterocycles. The Morgan fingerprint density at radius 1 is 1.24 bits per heavy atom. The Hall–Kier alpha value is -2.02. The highest BCUT2D eigenvalue weighted by molar-refractivity contribution is 5.53. The summed E-state index contributed by atoms with van der Waals surface area (Å²) in [6.07, 6.45) is 0. The van der Waals surface area contributed by atoms with E-state index in [1.54, 1.807) is 13.8 Å². The van der Waals surface area contributed by atoms with Gasteiger partial charge in [0.1, 0.15) is 0 Å². The van der Waals surface area contributed by atoms with Crippen molar-refractivity contribution in [2.75, 3.05) is 6.61 Å². The van der Waals surface area contributed by atoms with Crippen LogP contribution in [0.1, 0.15) is 18.1 Å². The molecule has 0 fully saturated rings. The maximum Gasteiger partial charge on any atom is 0.279 e. The van der Waals surface area contributed by atoms with Crippen molar-refractivity contribution in [1.82, 2.24) is 0 Å². The third-order valence-corrected chi connectivity index (χ3v) is 2.34. The first-order valence-corrected chi connectivity index (χ1v) is 4.97. The van der Waals surface area contributed by atoms with Crippen LogP contribution in [0.4, 0.5) is 11.4 Å². The van der Waals surface area contributed by atoms with Crippen molar-refractivity contribution in [3.05, 3.63) is 43.5 Å². The lowest BCUT2D eigenvalue weighted by Gasteiger charge is -2.06. The number of hydrogen-bond acceptors (Lipinski definition) is 5. The molecule has 0 aliphatic rings. The Balaban J connectivity index is 3.27. The van der Waals surface area contributed by atoms with Gasteiger partial charge in [-0.2, -0.15) is 0 Å². The molecule has 7 heteroatoms. The van der Waals surface area contributed by atoms with Crippen molar-refractivity contribution in [3.63, 3.8) is 0 Å². The average molecular weight is 240 g/mol. The largest absolute Gasteiger partial charge is 0.377 e. The molecule has 1 rings (SSSR count). The standard InChI is InChI=1S/C10H12N2O5/c1-3-17-6-8-4-9(11(13)14)5-10(7(8)2)12(15)16/h4-5H,3,6H2,1-2H3. The molecule has 0 aliphatic heterocycles. The van der Waals surface area contributed by atoms with Gasteiger partial charge in [0.2, 0.25) is 0 Å². The molecular weight excluding hydrogens is 228 g/mol. The van der Waals surface area contributed by atoms with Crippen LogP contribution in [-0.2, 0) is 11.3 Å². The van der Waals surface area contributed by atoms with Gasteiger partial charge in [0.25, 0.3) is 11.4 Å². The number of non-ortho nitro benzene ring substituents is 1. The zero-order valence-corrected chi connectivity index (χ0v) is 9.50. The van der Waals surface area contributed by atoms with E-state index in [0.717, 1.165) is 6.07 Å². The highest BCUT2D eigenvalue weighted by Gasteiger charge is 2.20. The molecule has 0 N–H and O–H groups in total. The van der Waals surface area contributed by atoms with Gasteiger partial charge < -0.3 is 4.74 Å². The van der Waals surface area contributed by atoms with Crippen molar-refractivity contribution >= 4 is 11.4 Å². The fourth-order valence-electron chi connectivity index (χ4n) is 1.40. The van der Waals surface area contributed by atoms with E-state index in [1.165, 1.54) is 6.07 Å². The third kappa shape index (κ3) is 2.97. The zero-order valence-electron chi connectivity index (χ0n) is 9.50. The lowest BCUT2D eigenvalue weighted by Crippen LogP contribution is -2.01. The van der Waals surface area contributed by atoms with Crippen molar-refractivity contribution in [1.29, 1.82) is 0 Å². The lowest BCUT2D eigenvalue weighted by molar-refractivity contribution is -0.394. The molecule has 1 aromatic rings. The predicted molar refractivity (Wildman–Crippen MR) is 59.8 cm³/mol. The topological polar surface area (TPSA) is 95.5 Å². The SMILES string of the molecule is CCOCc1cc([N+](=O)[O-])cc([N+](=O)[O-])c1C. The molecule has 0 heterocycles. The van der Waals surface area contributed by atoms with Gasteiger partial charge in [-0.05, 0) is 19.4 Å². The Morgan fingerprint density at radius 2 is 1.88 bits per heavy atom. The van der Waals surface area contributed by atoms with Crippen molar-refractivity contribution in [2.45, 2.75) is 20.5 Å². The maximum atomic E-state index is 10.8. The summed E-state index contributed by atoms with van der Waals surface area (Å²) in [6, 6.07) is 2.27. The molecule has 0 aromatic heterocycles. The second-order valence-electron chi connectivity index (χ2n) is 3.40. The molecule has 0 aliphatic carbocycles. The lowest BCUT2D eigenvalue weighted by atomic mass is 10.1. The summed E-state index contributed by atoms with van der Waals surface area (Å²) >= 11 is 0. The van der Waals surface area contributed by atoms with Crippen LogP contribution < -0.4 is 0 Å². The van der Waals surface area contributed by atoms with E-state index in [1.807, 2.05) is 0 Å². The normalized spacial score (nSPS) is 10.2. The molecule has 0 radical (unpaired) electrons. The van der Waals surface area contributed by atoms with Crippen LogP contribution in [-0.4, -0.2) is 16.5 Å². The van der Waals surface area contributed by atoms with Gasteiger partial charge in [-0.25, -0.2) is 0 Å². The monoisotopic (exact) mass is 240 g/mol. The minimum atomic E-state index is -0.651. The quantitative estimate of drug-likeness (QED) is 0.581. The number of nitro benzene ring substituents is 2. The van der Waals surface area contributed by atoms with Crippen LogP contribution in [0.5, 0.6) is 0 Å². The highest BCUT2D eigenvalue weighted by atomic mass is 16.6. The molecule has 17 heavy (non-hydrogen) atoms. The van der Waals surface area contributed by atoms with Gasteiger partial charge in [-0.1, -0.05) is 0 Å². The maximum absolute atomic E-state index is 10.8. The molecule has 1 aromatic carbocycles. The van der Waals surface area contributed by atoms with Gasteiger partial charge >= 0.3 is 0 Å². The summed E-state index contributed by atoms with van der Waals surface area (Å²) in [6.45, 7) is 3.90. The van der Waals surface area contributed by atoms with Crippen LogP contribution in [0, 0.1) is 27.2 Å². The Labute approximate surface area is 97.3 Å². The van der Waals surface area contributed by atoms with Gasteiger partial charge in [0.15, 0.2) is 0 Å². The molecular formula is C10H12N2O5. The summed E-state index contributed by atoms with van der Waals surface area (Å²) in [5.74, 6) is 0. The summed E-state index contributed by atoms with van der Waals surface area (Å²) < 4.78 is 5.12. The fourth-order valence-corrected chi connectivity index (χ4v) is 1.40. The summed E-state index contributed by atoms with van der Waals surface area (Å²) in [4.78, 5) is 20.1. The van der Waals surface area contributed by atoms with Crippen LogP contribution in [0.15, 0.2) is 12.1 Å². The second-order valence-corrected chi connectivity index (χ2v) is 3.40. The molecule has 7 nitrogen and oxygen atoms in total. The smallest absolute Gasteiger partial charge is 0.279 e. The summed E-state index contributed by atoms with van der Waals surface area (Å²) in [5.41, 5.74) is 0.313. The predicted octanol–water partition coefficient (Wildman–Crippen LogP) is 2.35. The van der Waals surface area contributed by atoms with Crippen LogP contribution in [0.3, 0.4) is 0 Å². The van der Waals surface area contributed by atoms with Gasteiger partial charge in [0, 0.05) is 18.2 Å². The Bertz CT molecular complexity index is 458. The van der Waals surface area contributed by atoms with Crippen LogP contribution >= 0.6 is 0 Å². The number of hydrogen-bond donors (Lipinski definition) is 0. The summed E-state index contributed by atoms with van der Waals surface area (Å²) in [5, 5.41) is 21.4. The molecule has 92 valence electrons. The third-order valence-electron chi connectivity index (χ3n) is 2.34. The van der Waals surface area contributed by atoms with E-state index < -0.39 is 9.85 Å². The van der Waals surface area contributed by atoms with E-state index in [2.05, 4.69) is 0 Å². The van der Waals surface area contributed by atoms with Crippen LogP contribution in [0.2, 0.25) is 0 Å². The van der Waals surface area contributed by atoms with E-state index in [-0.39, 0.29) is 18.0 Å². The molecule has 0 spiro atoms. The molecule has 0 unspecified atom stereocenters. The number of nitrogens with zero attached hydrogens (tertiary/aromatic N) is 2. The number of ether oxygens (including phenoxy) is 1. The van der Waals surface area contributed by atoms with E-state index in [9.17, 15) is 20.2 Å². The highest BCUT2D eigenvalue weighted by Crippen LogP contribution is 2.28.